The zero-order valence-electron chi connectivity index (χ0n) is 11.8. The molecule has 0 unspecified atom stereocenters. The summed E-state index contributed by atoms with van der Waals surface area (Å²) in [6.07, 6.45) is 0.590. The number of hydrogen-bond donors (Lipinski definition) is 0. The van der Waals surface area contributed by atoms with Crippen LogP contribution in [-0.2, 0) is 4.79 Å². The van der Waals surface area contributed by atoms with E-state index in [0.29, 0.717) is 6.42 Å². The van der Waals surface area contributed by atoms with Crippen LogP contribution >= 0.6 is 0 Å². The summed E-state index contributed by atoms with van der Waals surface area (Å²) in [6, 6.07) is 0. The summed E-state index contributed by atoms with van der Waals surface area (Å²) in [5, 5.41) is 0. The maximum Gasteiger partial charge on any atom is 0.226 e. The second-order valence-electron chi connectivity index (χ2n) is 6.88. The molecule has 0 N–H and O–H groups in total. The Morgan fingerprint density at radius 2 is 1.38 bits per heavy atom. The van der Waals surface area contributed by atoms with Crippen LogP contribution in [0.4, 0.5) is 0 Å². The van der Waals surface area contributed by atoms with Crippen LogP contribution in [0.3, 0.4) is 0 Å². The first-order chi connectivity index (χ1) is 7.03. The minimum Gasteiger partial charge on any atom is -0.341 e. The summed E-state index contributed by atoms with van der Waals surface area (Å²) in [7, 11) is 1.90. The van der Waals surface area contributed by atoms with Crippen molar-refractivity contribution in [2.75, 3.05) is 13.6 Å². The Labute approximate surface area is 99.7 Å². The average Bonchev–Trinajstić information content (AvgIpc) is 2.05. The van der Waals surface area contributed by atoms with E-state index in [2.05, 4.69) is 41.5 Å². The van der Waals surface area contributed by atoms with Crippen LogP contribution in [0.1, 0.15) is 48.0 Å². The molecule has 2 heteroatoms. The molecule has 1 rings (SSSR count). The fourth-order valence-corrected chi connectivity index (χ4v) is 2.22. The van der Waals surface area contributed by atoms with Crippen LogP contribution in [0.25, 0.3) is 0 Å². The average molecular weight is 223 g/mol. The lowest BCUT2D eigenvalue weighted by atomic mass is 9.72. The standard InChI is InChI=1S/C14H25NO/c1-13(2,3)10-8-12(16)15(7)9-11(10)14(4,5)6/h8-9H2,1-7H3. The van der Waals surface area contributed by atoms with Gasteiger partial charge in [-0.2, -0.15) is 0 Å². The molecule has 1 aliphatic heterocycles. The topological polar surface area (TPSA) is 20.3 Å². The van der Waals surface area contributed by atoms with E-state index in [-0.39, 0.29) is 16.7 Å². The fraction of sp³-hybridized carbons (Fsp3) is 0.786. The Morgan fingerprint density at radius 3 is 1.75 bits per heavy atom. The van der Waals surface area contributed by atoms with E-state index in [0.717, 1.165) is 6.54 Å². The minimum absolute atomic E-state index is 0.0968. The summed E-state index contributed by atoms with van der Waals surface area (Å²) in [5.74, 6) is 0.248. The van der Waals surface area contributed by atoms with Gasteiger partial charge in [0, 0.05) is 20.0 Å². The highest BCUT2D eigenvalue weighted by molar-refractivity contribution is 5.81. The van der Waals surface area contributed by atoms with Crippen molar-refractivity contribution < 1.29 is 4.79 Å². The molecule has 1 amide bonds. The van der Waals surface area contributed by atoms with Gasteiger partial charge < -0.3 is 4.90 Å². The van der Waals surface area contributed by atoms with Crippen molar-refractivity contribution in [2.24, 2.45) is 10.8 Å². The van der Waals surface area contributed by atoms with Crippen molar-refractivity contribution in [3.8, 4) is 0 Å². The van der Waals surface area contributed by atoms with Crippen LogP contribution in [-0.4, -0.2) is 24.4 Å². The maximum atomic E-state index is 11.8. The Kier molecular flexibility index (Phi) is 3.24. The SMILES string of the molecule is CN1CC(C(C)(C)C)=C(C(C)(C)C)CC1=O. The maximum absolute atomic E-state index is 11.8. The van der Waals surface area contributed by atoms with Crippen molar-refractivity contribution in [2.45, 2.75) is 48.0 Å². The lowest BCUT2D eigenvalue weighted by molar-refractivity contribution is -0.129. The van der Waals surface area contributed by atoms with Gasteiger partial charge in [0.1, 0.15) is 0 Å². The third-order valence-electron chi connectivity index (χ3n) is 3.32. The Balaban J connectivity index is 3.26. The molecular formula is C14H25NO. The molecule has 0 aliphatic carbocycles. The van der Waals surface area contributed by atoms with Crippen LogP contribution in [0.2, 0.25) is 0 Å². The van der Waals surface area contributed by atoms with Crippen molar-refractivity contribution >= 4 is 5.91 Å². The van der Waals surface area contributed by atoms with Crippen molar-refractivity contribution in [1.29, 1.82) is 0 Å². The number of likely N-dealkylation sites (N-methyl/N-ethyl adjacent to an activating group) is 1. The molecule has 92 valence electrons. The number of carbonyl (C=O) groups is 1. The van der Waals surface area contributed by atoms with Gasteiger partial charge in [-0.15, -0.1) is 0 Å². The molecule has 1 heterocycles. The Bertz CT molecular complexity index is 326. The predicted octanol–water partition coefficient (Wildman–Crippen LogP) is 3.24. The van der Waals surface area contributed by atoms with Gasteiger partial charge in [0.05, 0.1) is 0 Å². The van der Waals surface area contributed by atoms with Crippen LogP contribution in [0.15, 0.2) is 11.1 Å². The molecule has 0 saturated heterocycles. The number of rotatable bonds is 0. The van der Waals surface area contributed by atoms with Gasteiger partial charge in [0.25, 0.3) is 0 Å². The summed E-state index contributed by atoms with van der Waals surface area (Å²) in [6.45, 7) is 14.1. The second kappa shape index (κ2) is 3.90. The zero-order valence-corrected chi connectivity index (χ0v) is 11.8. The lowest BCUT2D eigenvalue weighted by Gasteiger charge is -2.39. The summed E-state index contributed by atoms with van der Waals surface area (Å²) >= 11 is 0. The smallest absolute Gasteiger partial charge is 0.226 e. The zero-order chi connectivity index (χ0) is 12.7. The summed E-state index contributed by atoms with van der Waals surface area (Å²) in [5.41, 5.74) is 3.02. The van der Waals surface area contributed by atoms with Gasteiger partial charge in [-0.05, 0) is 16.4 Å². The van der Waals surface area contributed by atoms with E-state index < -0.39 is 0 Å². The predicted molar refractivity (Wildman–Crippen MR) is 68.2 cm³/mol. The van der Waals surface area contributed by atoms with Gasteiger partial charge in [-0.3, -0.25) is 4.79 Å². The first kappa shape index (κ1) is 13.3. The Hall–Kier alpha value is -0.790. The van der Waals surface area contributed by atoms with E-state index in [1.807, 2.05) is 11.9 Å². The van der Waals surface area contributed by atoms with E-state index in [4.69, 9.17) is 0 Å². The van der Waals surface area contributed by atoms with Crippen LogP contribution in [0, 0.1) is 10.8 Å². The highest BCUT2D eigenvalue weighted by Gasteiger charge is 2.34. The molecule has 2 nitrogen and oxygen atoms in total. The molecule has 0 radical (unpaired) electrons. The molecular weight excluding hydrogens is 198 g/mol. The van der Waals surface area contributed by atoms with Gasteiger partial charge >= 0.3 is 0 Å². The third-order valence-corrected chi connectivity index (χ3v) is 3.32. The summed E-state index contributed by atoms with van der Waals surface area (Å²) in [4.78, 5) is 13.7. The van der Waals surface area contributed by atoms with E-state index in [1.54, 1.807) is 0 Å². The first-order valence-electron chi connectivity index (χ1n) is 6.00. The van der Waals surface area contributed by atoms with E-state index >= 15 is 0 Å². The van der Waals surface area contributed by atoms with Crippen LogP contribution < -0.4 is 0 Å². The minimum atomic E-state index is 0.0968. The largest absolute Gasteiger partial charge is 0.341 e. The number of amides is 1. The van der Waals surface area contributed by atoms with E-state index in [9.17, 15) is 4.79 Å². The molecule has 0 spiro atoms. The highest BCUT2D eigenvalue weighted by atomic mass is 16.2. The molecule has 0 aromatic heterocycles. The molecule has 1 aliphatic rings. The molecule has 0 aromatic carbocycles. The first-order valence-corrected chi connectivity index (χ1v) is 6.00. The normalized spacial score (nSPS) is 19.4. The van der Waals surface area contributed by atoms with Crippen LogP contribution in [0.5, 0.6) is 0 Å². The van der Waals surface area contributed by atoms with Crippen molar-refractivity contribution in [3.05, 3.63) is 11.1 Å². The number of carbonyl (C=O) groups excluding carboxylic acids is 1. The van der Waals surface area contributed by atoms with Crippen molar-refractivity contribution in [1.82, 2.24) is 4.90 Å². The number of nitrogens with zero attached hydrogens (tertiary/aromatic N) is 1. The van der Waals surface area contributed by atoms with Gasteiger partial charge in [0.2, 0.25) is 5.91 Å². The second-order valence-corrected chi connectivity index (χ2v) is 6.88. The lowest BCUT2D eigenvalue weighted by Crippen LogP contribution is -2.39. The monoisotopic (exact) mass is 223 g/mol. The van der Waals surface area contributed by atoms with Crippen molar-refractivity contribution in [3.63, 3.8) is 0 Å². The molecule has 0 saturated carbocycles. The van der Waals surface area contributed by atoms with E-state index in [1.165, 1.54) is 11.1 Å². The molecule has 0 aromatic rings. The third kappa shape index (κ3) is 2.66. The van der Waals surface area contributed by atoms with Gasteiger partial charge in [-0.25, -0.2) is 0 Å². The number of hydrogen-bond acceptors (Lipinski definition) is 1. The van der Waals surface area contributed by atoms with Gasteiger partial charge in [0.15, 0.2) is 0 Å². The molecule has 0 atom stereocenters. The molecule has 0 fully saturated rings. The molecule has 0 bridgehead atoms. The summed E-state index contributed by atoms with van der Waals surface area (Å²) < 4.78 is 0. The quantitative estimate of drug-likeness (QED) is 0.577. The van der Waals surface area contributed by atoms with Gasteiger partial charge in [-0.1, -0.05) is 47.1 Å². The Morgan fingerprint density at radius 1 is 0.938 bits per heavy atom. The highest BCUT2D eigenvalue weighted by Crippen LogP contribution is 2.40. The fourth-order valence-electron chi connectivity index (χ4n) is 2.22. The molecule has 16 heavy (non-hydrogen) atoms.